The zero-order valence-electron chi connectivity index (χ0n) is 16.0. The van der Waals surface area contributed by atoms with Crippen LogP contribution in [0.2, 0.25) is 0 Å². The van der Waals surface area contributed by atoms with Gasteiger partial charge in [-0.2, -0.15) is 0 Å². The zero-order chi connectivity index (χ0) is 18.7. The second-order valence-electron chi connectivity index (χ2n) is 8.13. The van der Waals surface area contributed by atoms with Crippen LogP contribution in [0.25, 0.3) is 0 Å². The van der Waals surface area contributed by atoms with Gasteiger partial charge in [0, 0.05) is 24.2 Å². The molecule has 3 fully saturated rings. The first-order valence-corrected chi connectivity index (χ1v) is 9.09. The van der Waals surface area contributed by atoms with E-state index in [-0.39, 0.29) is 39.8 Å². The van der Waals surface area contributed by atoms with E-state index in [2.05, 4.69) is 45.0 Å². The molecule has 1 N–H and O–H groups in total. The second kappa shape index (κ2) is 9.60. The van der Waals surface area contributed by atoms with E-state index in [1.54, 1.807) is 10.8 Å². The molecule has 1 aromatic heterocycles. The zero-order valence-corrected chi connectivity index (χ0v) is 17.1. The standard InChI is InChI=1S/C17H21N2O2.C5H5.Fe/c1-17(2,3)10-11-9-14(13-6-4-5-12(11)13)19-8-7-15(20)18-16(19)21;1-2-4-5-3-1;/h4-8,11,14H,9-10H2,1-3H3,(H,18,20,21);1-5H;/q;;+2/t11-,14+;;/m0../s1. The van der Waals surface area contributed by atoms with Crippen LogP contribution in [0.15, 0.2) is 21.9 Å². The Morgan fingerprint density at radius 3 is 2.15 bits per heavy atom. The summed E-state index contributed by atoms with van der Waals surface area (Å²) in [7, 11) is 0. The summed E-state index contributed by atoms with van der Waals surface area (Å²) in [6.45, 7) is 6.74. The van der Waals surface area contributed by atoms with Gasteiger partial charge in [-0.1, -0.05) is 20.8 Å². The van der Waals surface area contributed by atoms with E-state index in [9.17, 15) is 9.59 Å². The molecule has 3 saturated carbocycles. The number of aromatic amines is 1. The average Bonchev–Trinajstić information content (AvgIpc) is 3.27. The predicted molar refractivity (Wildman–Crippen MR) is 103 cm³/mol. The summed E-state index contributed by atoms with van der Waals surface area (Å²) in [6, 6.07) is 1.45. The van der Waals surface area contributed by atoms with Crippen molar-refractivity contribution in [3.8, 4) is 0 Å². The van der Waals surface area contributed by atoms with Gasteiger partial charge < -0.3 is 0 Å². The molecule has 0 aliphatic heterocycles. The molecule has 0 spiro atoms. The van der Waals surface area contributed by atoms with Gasteiger partial charge in [-0.3, -0.25) is 14.3 Å². The number of nitrogens with zero attached hydrogens (tertiary/aromatic N) is 1. The number of H-pyrrole nitrogens is 1. The Morgan fingerprint density at radius 2 is 1.59 bits per heavy atom. The van der Waals surface area contributed by atoms with Gasteiger partial charge in [-0.15, -0.1) is 0 Å². The molecule has 0 amide bonds. The van der Waals surface area contributed by atoms with Crippen molar-refractivity contribution in [2.24, 2.45) is 11.3 Å². The van der Waals surface area contributed by atoms with E-state index in [0.717, 1.165) is 12.8 Å². The third kappa shape index (κ3) is 5.84. The maximum atomic E-state index is 12.1. The summed E-state index contributed by atoms with van der Waals surface area (Å²) >= 11 is 0. The fraction of sp³-hybridized carbons (Fsp3) is 0.364. The van der Waals surface area contributed by atoms with Crippen molar-refractivity contribution in [3.05, 3.63) is 96.3 Å². The van der Waals surface area contributed by atoms with Crippen LogP contribution in [0.4, 0.5) is 0 Å². The molecule has 0 aromatic carbocycles. The number of hydrogen-bond acceptors (Lipinski definition) is 2. The summed E-state index contributed by atoms with van der Waals surface area (Å²) in [4.78, 5) is 25.6. The van der Waals surface area contributed by atoms with Crippen molar-refractivity contribution in [2.75, 3.05) is 0 Å². The van der Waals surface area contributed by atoms with Gasteiger partial charge in [0.05, 0.1) is 0 Å². The molecular weight excluding hydrogens is 380 g/mol. The monoisotopic (exact) mass is 406 g/mol. The van der Waals surface area contributed by atoms with Crippen molar-refractivity contribution >= 4 is 0 Å². The smallest absolute Gasteiger partial charge is 0.297 e. The molecule has 4 rings (SSSR count). The average molecular weight is 406 g/mol. The summed E-state index contributed by atoms with van der Waals surface area (Å²) < 4.78 is 1.66. The Morgan fingerprint density at radius 1 is 1.00 bits per heavy atom. The molecule has 2 atom stereocenters. The van der Waals surface area contributed by atoms with Gasteiger partial charge in [-0.25, -0.2) is 4.79 Å². The van der Waals surface area contributed by atoms with E-state index < -0.39 is 0 Å². The van der Waals surface area contributed by atoms with Crippen LogP contribution in [-0.2, 0) is 17.1 Å². The van der Waals surface area contributed by atoms with Crippen LogP contribution in [0.5, 0.6) is 0 Å². The number of hydrogen-bond donors (Lipinski definition) is 1. The van der Waals surface area contributed by atoms with Gasteiger partial charge in [0.25, 0.3) is 5.56 Å². The molecule has 1 heterocycles. The van der Waals surface area contributed by atoms with Gasteiger partial charge in [0.2, 0.25) is 0 Å². The maximum absolute atomic E-state index is 12.1. The van der Waals surface area contributed by atoms with Crippen LogP contribution in [0.3, 0.4) is 0 Å². The van der Waals surface area contributed by atoms with Gasteiger partial charge in [0.15, 0.2) is 0 Å². The molecule has 3 aliphatic carbocycles. The largest absolute Gasteiger partial charge is 2.00 e. The van der Waals surface area contributed by atoms with Gasteiger partial charge >= 0.3 is 22.8 Å². The van der Waals surface area contributed by atoms with Gasteiger partial charge in [0.1, 0.15) is 0 Å². The first-order chi connectivity index (χ1) is 12.3. The third-order valence-corrected chi connectivity index (χ3v) is 4.79. The van der Waals surface area contributed by atoms with Crippen LogP contribution < -0.4 is 11.2 Å². The molecule has 0 bridgehead atoms. The van der Waals surface area contributed by atoms with E-state index >= 15 is 0 Å². The molecule has 0 unspecified atom stereocenters. The van der Waals surface area contributed by atoms with Crippen LogP contribution in [-0.4, -0.2) is 9.55 Å². The van der Waals surface area contributed by atoms with E-state index in [0.29, 0.717) is 5.92 Å². The van der Waals surface area contributed by atoms with Crippen LogP contribution in [0.1, 0.15) is 39.7 Å². The van der Waals surface area contributed by atoms with Crippen molar-refractivity contribution in [1.82, 2.24) is 9.55 Å². The fourth-order valence-corrected chi connectivity index (χ4v) is 3.84. The molecule has 10 radical (unpaired) electrons. The SMILES string of the molecule is CC(C)(C)C[C@@H]1C[C@@H](n2ccc(=O)[nH]c2=O)[C]2[CH][CH][CH][C]21.[CH]1[CH][CH][CH][CH]1.[Fe+2]. The van der Waals surface area contributed by atoms with Crippen LogP contribution in [0, 0.1) is 74.5 Å². The quantitative estimate of drug-likeness (QED) is 0.767. The normalized spacial score (nSPS) is 25.6. The number of rotatable bonds is 2. The number of fused-ring (bicyclic) bond motifs is 1. The molecule has 5 heteroatoms. The van der Waals surface area contributed by atoms with Crippen LogP contribution >= 0.6 is 0 Å². The fourth-order valence-electron chi connectivity index (χ4n) is 3.84. The minimum atomic E-state index is -0.344. The van der Waals surface area contributed by atoms with Gasteiger partial charge in [-0.05, 0) is 81.5 Å². The third-order valence-electron chi connectivity index (χ3n) is 4.79. The summed E-state index contributed by atoms with van der Waals surface area (Å²) in [6.07, 6.45) is 20.0. The van der Waals surface area contributed by atoms with E-state index in [4.69, 9.17) is 0 Å². The molecule has 1 aromatic rings. The summed E-state index contributed by atoms with van der Waals surface area (Å²) in [5.41, 5.74) is -0.413. The minimum Gasteiger partial charge on any atom is -0.297 e. The maximum Gasteiger partial charge on any atom is 2.00 e. The Balaban J connectivity index is 0.000000379. The Labute approximate surface area is 174 Å². The molecule has 3 aliphatic rings. The Hall–Kier alpha value is -0.801. The van der Waals surface area contributed by atoms with E-state index in [1.165, 1.54) is 17.9 Å². The molecule has 4 nitrogen and oxygen atoms in total. The molecule has 0 saturated heterocycles. The van der Waals surface area contributed by atoms with Crippen molar-refractivity contribution < 1.29 is 17.1 Å². The van der Waals surface area contributed by atoms with Crippen molar-refractivity contribution in [3.63, 3.8) is 0 Å². The number of nitrogens with one attached hydrogen (secondary N) is 1. The first-order valence-electron chi connectivity index (χ1n) is 9.09. The topological polar surface area (TPSA) is 54.9 Å². The molecule has 27 heavy (non-hydrogen) atoms. The Kier molecular flexibility index (Phi) is 8.00. The van der Waals surface area contributed by atoms with E-state index in [1.807, 2.05) is 32.1 Å². The minimum absolute atomic E-state index is 0. The molecule has 142 valence electrons. The Bertz CT molecular complexity index is 692. The summed E-state index contributed by atoms with van der Waals surface area (Å²) in [5.74, 6) is 3.05. The molecular formula is C22H26FeN2O2+2. The summed E-state index contributed by atoms with van der Waals surface area (Å²) in [5, 5.41) is 0. The van der Waals surface area contributed by atoms with Crippen molar-refractivity contribution in [1.29, 1.82) is 0 Å². The van der Waals surface area contributed by atoms with Crippen molar-refractivity contribution in [2.45, 2.75) is 39.7 Å². The number of aromatic nitrogens is 2. The predicted octanol–water partition coefficient (Wildman–Crippen LogP) is 3.33. The second-order valence-corrected chi connectivity index (χ2v) is 8.13. The first kappa shape index (κ1) is 22.5.